The number of thiazole rings is 1. The van der Waals surface area contributed by atoms with Crippen molar-refractivity contribution in [1.82, 2.24) is 10.3 Å². The minimum Gasteiger partial charge on any atom is -0.461 e. The fourth-order valence-electron chi connectivity index (χ4n) is 2.19. The largest absolute Gasteiger partial charge is 0.461 e. The van der Waals surface area contributed by atoms with Crippen LogP contribution in [0.25, 0.3) is 6.08 Å². The molecule has 1 saturated carbocycles. The van der Waals surface area contributed by atoms with Gasteiger partial charge in [0, 0.05) is 23.1 Å². The highest BCUT2D eigenvalue weighted by Gasteiger charge is 2.23. The zero-order valence-electron chi connectivity index (χ0n) is 14.7. The van der Waals surface area contributed by atoms with Gasteiger partial charge in [-0.2, -0.15) is 0 Å². The van der Waals surface area contributed by atoms with E-state index in [-0.39, 0.29) is 24.1 Å². The Hall–Kier alpha value is -3.00. The average molecular weight is 385 g/mol. The van der Waals surface area contributed by atoms with Gasteiger partial charge in [-0.15, -0.1) is 11.3 Å². The first-order valence-electron chi connectivity index (χ1n) is 8.58. The molecule has 0 bridgehead atoms. The zero-order valence-corrected chi connectivity index (χ0v) is 15.5. The standard InChI is InChI=1S/C19H19N3O4S/c1-2-26-18(25)15-11-27-19(21-15)22-16(23)10-5-12-3-6-13(7-4-12)17(24)20-14-8-9-14/h3-7,10-11,14H,2,8-9H2,1H3,(H,20,24)(H,21,22,23). The van der Waals surface area contributed by atoms with Gasteiger partial charge < -0.3 is 10.1 Å². The monoisotopic (exact) mass is 385 g/mol. The molecular weight excluding hydrogens is 366 g/mol. The van der Waals surface area contributed by atoms with Gasteiger partial charge in [-0.25, -0.2) is 9.78 Å². The van der Waals surface area contributed by atoms with Crippen LogP contribution in [-0.4, -0.2) is 35.4 Å². The predicted molar refractivity (Wildman–Crippen MR) is 103 cm³/mol. The first-order chi connectivity index (χ1) is 13.0. The maximum atomic E-state index is 12.0. The van der Waals surface area contributed by atoms with Gasteiger partial charge in [-0.1, -0.05) is 12.1 Å². The summed E-state index contributed by atoms with van der Waals surface area (Å²) in [5.74, 6) is -0.960. The molecule has 1 heterocycles. The second-order valence-electron chi connectivity index (χ2n) is 5.95. The fraction of sp³-hybridized carbons (Fsp3) is 0.263. The number of ether oxygens (including phenoxy) is 1. The van der Waals surface area contributed by atoms with E-state index in [4.69, 9.17) is 4.74 Å². The molecule has 0 atom stereocenters. The molecular formula is C19H19N3O4S. The minimum atomic E-state index is -0.518. The summed E-state index contributed by atoms with van der Waals surface area (Å²) >= 11 is 1.15. The van der Waals surface area contributed by atoms with Gasteiger partial charge in [0.1, 0.15) is 0 Å². The van der Waals surface area contributed by atoms with Crippen LogP contribution in [0.5, 0.6) is 0 Å². The van der Waals surface area contributed by atoms with Crippen LogP contribution in [0, 0.1) is 0 Å². The van der Waals surface area contributed by atoms with Crippen LogP contribution in [0.3, 0.4) is 0 Å². The summed E-state index contributed by atoms with van der Waals surface area (Å²) in [6.45, 7) is 1.98. The van der Waals surface area contributed by atoms with Crippen molar-refractivity contribution in [3.63, 3.8) is 0 Å². The van der Waals surface area contributed by atoms with E-state index in [2.05, 4.69) is 15.6 Å². The number of amides is 2. The first-order valence-corrected chi connectivity index (χ1v) is 9.45. The smallest absolute Gasteiger partial charge is 0.357 e. The van der Waals surface area contributed by atoms with Crippen LogP contribution in [0.2, 0.25) is 0 Å². The molecule has 27 heavy (non-hydrogen) atoms. The number of benzene rings is 1. The summed E-state index contributed by atoms with van der Waals surface area (Å²) in [6, 6.07) is 7.31. The third-order valence-electron chi connectivity index (χ3n) is 3.73. The summed E-state index contributed by atoms with van der Waals surface area (Å²) in [5, 5.41) is 7.37. The van der Waals surface area contributed by atoms with Crippen LogP contribution in [0.15, 0.2) is 35.7 Å². The number of nitrogens with one attached hydrogen (secondary N) is 2. The topological polar surface area (TPSA) is 97.4 Å². The first kappa shape index (κ1) is 18.8. The molecule has 140 valence electrons. The van der Waals surface area contributed by atoms with Gasteiger partial charge in [0.25, 0.3) is 5.91 Å². The van der Waals surface area contributed by atoms with Crippen LogP contribution in [-0.2, 0) is 9.53 Å². The number of nitrogens with zero attached hydrogens (tertiary/aromatic N) is 1. The molecule has 1 aromatic heterocycles. The maximum absolute atomic E-state index is 12.0. The van der Waals surface area contributed by atoms with Crippen LogP contribution in [0.4, 0.5) is 5.13 Å². The van der Waals surface area contributed by atoms with Gasteiger partial charge in [0.05, 0.1) is 6.61 Å². The number of rotatable bonds is 7. The second kappa shape index (κ2) is 8.59. The van der Waals surface area contributed by atoms with Crippen molar-refractivity contribution in [2.24, 2.45) is 0 Å². The number of hydrogen-bond donors (Lipinski definition) is 2. The summed E-state index contributed by atoms with van der Waals surface area (Å²) in [6.07, 6.45) is 5.09. The molecule has 7 nitrogen and oxygen atoms in total. The lowest BCUT2D eigenvalue weighted by Gasteiger charge is -2.03. The van der Waals surface area contributed by atoms with E-state index in [0.29, 0.717) is 16.7 Å². The summed E-state index contributed by atoms with van der Waals surface area (Å²) in [7, 11) is 0. The van der Waals surface area contributed by atoms with E-state index in [1.54, 1.807) is 37.3 Å². The number of hydrogen-bond acceptors (Lipinski definition) is 6. The Bertz CT molecular complexity index is 869. The number of esters is 1. The Morgan fingerprint density at radius 2 is 2.00 bits per heavy atom. The van der Waals surface area contributed by atoms with E-state index in [9.17, 15) is 14.4 Å². The molecule has 0 saturated heterocycles. The molecule has 0 spiro atoms. The van der Waals surface area contributed by atoms with Crippen LogP contribution < -0.4 is 10.6 Å². The number of carbonyl (C=O) groups is 3. The maximum Gasteiger partial charge on any atom is 0.357 e. The quantitative estimate of drug-likeness (QED) is 0.564. The van der Waals surface area contributed by atoms with Crippen molar-refractivity contribution < 1.29 is 19.1 Å². The number of anilines is 1. The third kappa shape index (κ3) is 5.49. The van der Waals surface area contributed by atoms with E-state index in [0.717, 1.165) is 29.7 Å². The van der Waals surface area contributed by atoms with Crippen molar-refractivity contribution in [3.05, 3.63) is 52.5 Å². The highest BCUT2D eigenvalue weighted by molar-refractivity contribution is 7.14. The lowest BCUT2D eigenvalue weighted by Crippen LogP contribution is -2.25. The van der Waals surface area contributed by atoms with Gasteiger partial charge in [-0.05, 0) is 43.5 Å². The fourth-order valence-corrected chi connectivity index (χ4v) is 2.87. The molecule has 1 aliphatic carbocycles. The molecule has 3 rings (SSSR count). The molecule has 0 radical (unpaired) electrons. The summed E-state index contributed by atoms with van der Waals surface area (Å²) in [4.78, 5) is 39.5. The van der Waals surface area contributed by atoms with Crippen molar-refractivity contribution in [2.45, 2.75) is 25.8 Å². The van der Waals surface area contributed by atoms with E-state index in [1.807, 2.05) is 0 Å². The third-order valence-corrected chi connectivity index (χ3v) is 4.49. The average Bonchev–Trinajstić information content (AvgIpc) is 3.35. The normalized spacial score (nSPS) is 13.4. The highest BCUT2D eigenvalue weighted by Crippen LogP contribution is 2.19. The number of aromatic nitrogens is 1. The molecule has 1 aliphatic rings. The Morgan fingerprint density at radius 3 is 2.67 bits per heavy atom. The minimum absolute atomic E-state index is 0.0769. The Kier molecular flexibility index (Phi) is 5.97. The van der Waals surface area contributed by atoms with Crippen LogP contribution in [0.1, 0.15) is 46.2 Å². The van der Waals surface area contributed by atoms with Gasteiger partial charge in [-0.3, -0.25) is 14.9 Å². The molecule has 2 N–H and O–H groups in total. The lowest BCUT2D eigenvalue weighted by atomic mass is 10.1. The summed E-state index contributed by atoms with van der Waals surface area (Å²) < 4.78 is 4.85. The van der Waals surface area contributed by atoms with Crippen molar-refractivity contribution in [3.8, 4) is 0 Å². The molecule has 0 unspecified atom stereocenters. The van der Waals surface area contributed by atoms with Gasteiger partial charge in [0.15, 0.2) is 10.8 Å². The molecule has 2 aromatic rings. The lowest BCUT2D eigenvalue weighted by molar-refractivity contribution is -0.111. The van der Waals surface area contributed by atoms with Crippen molar-refractivity contribution >= 4 is 40.3 Å². The van der Waals surface area contributed by atoms with E-state index < -0.39 is 5.97 Å². The van der Waals surface area contributed by atoms with E-state index in [1.165, 1.54) is 11.5 Å². The van der Waals surface area contributed by atoms with E-state index >= 15 is 0 Å². The Balaban J connectivity index is 1.53. The summed E-state index contributed by atoms with van der Waals surface area (Å²) in [5.41, 5.74) is 1.55. The highest BCUT2D eigenvalue weighted by atomic mass is 32.1. The molecule has 0 aliphatic heterocycles. The molecule has 8 heteroatoms. The second-order valence-corrected chi connectivity index (χ2v) is 6.81. The molecule has 1 aromatic carbocycles. The predicted octanol–water partition coefficient (Wildman–Crippen LogP) is 2.86. The Labute approximate surface area is 160 Å². The number of carbonyl (C=O) groups excluding carboxylic acids is 3. The zero-order chi connectivity index (χ0) is 19.2. The molecule has 2 amide bonds. The van der Waals surface area contributed by atoms with Crippen molar-refractivity contribution in [1.29, 1.82) is 0 Å². The SMILES string of the molecule is CCOC(=O)c1csc(NC(=O)C=Cc2ccc(C(=O)NC3CC3)cc2)n1. The van der Waals surface area contributed by atoms with Gasteiger partial charge in [0.2, 0.25) is 5.91 Å². The van der Waals surface area contributed by atoms with Crippen LogP contribution >= 0.6 is 11.3 Å². The van der Waals surface area contributed by atoms with Crippen molar-refractivity contribution in [2.75, 3.05) is 11.9 Å². The molecule has 1 fully saturated rings. The Morgan fingerprint density at radius 1 is 1.26 bits per heavy atom. The van der Waals surface area contributed by atoms with Gasteiger partial charge >= 0.3 is 5.97 Å².